The second kappa shape index (κ2) is 8.18. The molecule has 0 N–H and O–H groups in total. The van der Waals surface area contributed by atoms with Crippen molar-refractivity contribution >= 4 is 28.1 Å². The fraction of sp³-hybridized carbons (Fsp3) is 0.576. The van der Waals surface area contributed by atoms with Crippen LogP contribution in [-0.2, 0) is 17.8 Å². The van der Waals surface area contributed by atoms with Crippen LogP contribution in [0.2, 0.25) is 0 Å². The maximum Gasteiger partial charge on any atom is 0.255 e. The molecule has 0 radical (unpaired) electrons. The molecule has 4 saturated carbocycles. The second-order valence-corrected chi connectivity index (χ2v) is 14.1. The molecule has 4 aliphatic carbocycles. The van der Waals surface area contributed by atoms with Gasteiger partial charge in [-0.3, -0.25) is 4.79 Å². The van der Waals surface area contributed by atoms with E-state index >= 15 is 0 Å². The Bertz CT molecular complexity index is 1720. The van der Waals surface area contributed by atoms with E-state index in [0.29, 0.717) is 23.4 Å². The number of amides is 1. The Morgan fingerprint density at radius 1 is 1.02 bits per heavy atom. The predicted octanol–water partition coefficient (Wildman–Crippen LogP) is 5.30. The third-order valence-electron chi connectivity index (χ3n) is 11.6. The maximum atomic E-state index is 13.7. The molecule has 8 heteroatoms. The van der Waals surface area contributed by atoms with Gasteiger partial charge in [0.05, 0.1) is 16.9 Å². The molecule has 0 bridgehead atoms. The molecule has 4 aromatic rings. The molecule has 210 valence electrons. The van der Waals surface area contributed by atoms with Crippen LogP contribution in [0.5, 0.6) is 0 Å². The van der Waals surface area contributed by atoms with Crippen LogP contribution in [0.1, 0.15) is 61.7 Å². The van der Waals surface area contributed by atoms with Crippen molar-refractivity contribution in [3.8, 4) is 11.5 Å². The maximum absolute atomic E-state index is 13.7. The smallest absolute Gasteiger partial charge is 0.255 e. The first kappa shape index (κ1) is 23.3. The number of likely N-dealkylation sites (tertiary alicyclic amines) is 1. The molecule has 41 heavy (non-hydrogen) atoms. The highest BCUT2D eigenvalue weighted by molar-refractivity contribution is 5.97. The monoisotopic (exact) mass is 548 g/mol. The summed E-state index contributed by atoms with van der Waals surface area (Å²) in [5.41, 5.74) is 4.63. The summed E-state index contributed by atoms with van der Waals surface area (Å²) in [7, 11) is 0. The Hall–Kier alpha value is -3.26. The number of carbonyl (C=O) groups excluding carboxylic acids is 1. The van der Waals surface area contributed by atoms with Crippen molar-refractivity contribution in [3.05, 3.63) is 42.2 Å². The molecule has 10 rings (SSSR count). The molecule has 4 atom stereocenters. The zero-order valence-corrected chi connectivity index (χ0v) is 23.4. The van der Waals surface area contributed by atoms with Gasteiger partial charge in [-0.1, -0.05) is 0 Å². The fourth-order valence-corrected chi connectivity index (χ4v) is 9.33. The molecule has 6 aliphatic rings. The van der Waals surface area contributed by atoms with Crippen LogP contribution in [0, 0.1) is 29.6 Å². The molecule has 0 aromatic carbocycles. The minimum absolute atomic E-state index is 0.106. The number of rotatable bonds is 6. The van der Waals surface area contributed by atoms with Crippen LogP contribution in [0.15, 0.2) is 36.7 Å². The van der Waals surface area contributed by atoms with E-state index in [-0.39, 0.29) is 11.5 Å². The highest BCUT2D eigenvalue weighted by atomic mass is 16.5. The Labute approximate surface area is 239 Å². The number of pyridine rings is 2. The minimum Gasteiger partial charge on any atom is -0.375 e. The first-order valence-corrected chi connectivity index (χ1v) is 15.9. The Kier molecular flexibility index (Phi) is 4.65. The third-order valence-corrected chi connectivity index (χ3v) is 11.6. The summed E-state index contributed by atoms with van der Waals surface area (Å²) in [4.78, 5) is 30.9. The lowest BCUT2D eigenvalue weighted by molar-refractivity contribution is -0.0939. The zero-order valence-electron chi connectivity index (χ0n) is 23.4. The van der Waals surface area contributed by atoms with Gasteiger partial charge < -0.3 is 18.8 Å². The van der Waals surface area contributed by atoms with Crippen LogP contribution in [-0.4, -0.2) is 59.7 Å². The topological polar surface area (TPSA) is 78.1 Å². The molecule has 1 unspecified atom stereocenters. The van der Waals surface area contributed by atoms with E-state index < -0.39 is 0 Å². The van der Waals surface area contributed by atoms with E-state index in [1.807, 2.05) is 24.5 Å². The molecule has 1 spiro atoms. The van der Waals surface area contributed by atoms with Gasteiger partial charge in [-0.05, 0) is 105 Å². The van der Waals surface area contributed by atoms with E-state index in [0.717, 1.165) is 90.6 Å². The molecule has 2 aliphatic heterocycles. The van der Waals surface area contributed by atoms with Gasteiger partial charge in [0.25, 0.3) is 5.91 Å². The van der Waals surface area contributed by atoms with E-state index in [9.17, 15) is 4.79 Å². The van der Waals surface area contributed by atoms with E-state index in [2.05, 4.69) is 26.2 Å². The highest BCUT2D eigenvalue weighted by Gasteiger charge is 2.61. The minimum atomic E-state index is 0.106. The number of carbonyl (C=O) groups is 1. The largest absolute Gasteiger partial charge is 0.375 e. The molecule has 8 nitrogen and oxygen atoms in total. The Morgan fingerprint density at radius 3 is 2.73 bits per heavy atom. The summed E-state index contributed by atoms with van der Waals surface area (Å²) in [6, 6.07) is 8.88. The van der Waals surface area contributed by atoms with Gasteiger partial charge in [-0.15, -0.1) is 0 Å². The van der Waals surface area contributed by atoms with Gasteiger partial charge >= 0.3 is 0 Å². The first-order valence-electron chi connectivity index (χ1n) is 15.9. The lowest BCUT2D eigenvalue weighted by atomic mass is 9.53. The number of nitrogens with zero attached hydrogens (tertiary/aromatic N) is 6. The van der Waals surface area contributed by atoms with E-state index in [1.165, 1.54) is 38.5 Å². The predicted molar refractivity (Wildman–Crippen MR) is 154 cm³/mol. The van der Waals surface area contributed by atoms with Crippen LogP contribution in [0.4, 0.5) is 0 Å². The molecule has 6 fully saturated rings. The van der Waals surface area contributed by atoms with Crippen LogP contribution < -0.4 is 0 Å². The lowest BCUT2D eigenvalue weighted by Gasteiger charge is -2.52. The summed E-state index contributed by atoms with van der Waals surface area (Å²) in [5.74, 6) is 4.70. The van der Waals surface area contributed by atoms with Crippen molar-refractivity contribution in [3.63, 3.8) is 0 Å². The Balaban J connectivity index is 1.06. The van der Waals surface area contributed by atoms with Gasteiger partial charge in [0.2, 0.25) is 0 Å². The molecular weight excluding hydrogens is 512 g/mol. The van der Waals surface area contributed by atoms with Crippen molar-refractivity contribution in [1.29, 1.82) is 0 Å². The lowest BCUT2D eigenvalue weighted by Crippen LogP contribution is -2.53. The summed E-state index contributed by atoms with van der Waals surface area (Å²) in [6.07, 6.45) is 13.3. The van der Waals surface area contributed by atoms with Crippen molar-refractivity contribution in [2.24, 2.45) is 29.6 Å². The summed E-state index contributed by atoms with van der Waals surface area (Å²) in [5, 5.41) is 1.15. The quantitative estimate of drug-likeness (QED) is 0.327. The summed E-state index contributed by atoms with van der Waals surface area (Å²) >= 11 is 0. The zero-order chi connectivity index (χ0) is 26.9. The van der Waals surface area contributed by atoms with E-state index in [4.69, 9.17) is 19.7 Å². The number of imidazole rings is 1. The number of aromatic nitrogens is 5. The molecule has 6 heterocycles. The molecule has 2 saturated heterocycles. The van der Waals surface area contributed by atoms with Crippen molar-refractivity contribution < 1.29 is 9.53 Å². The molecule has 4 aromatic heterocycles. The number of hydrogen-bond acceptors (Lipinski definition) is 5. The van der Waals surface area contributed by atoms with Gasteiger partial charge in [-0.2, -0.15) is 0 Å². The number of ether oxygens (including phenoxy) is 1. The van der Waals surface area contributed by atoms with Crippen molar-refractivity contribution in [2.45, 2.75) is 76.1 Å². The average Bonchev–Trinajstić information content (AvgIpc) is 3.32. The van der Waals surface area contributed by atoms with E-state index in [1.54, 1.807) is 0 Å². The van der Waals surface area contributed by atoms with Gasteiger partial charge in [0, 0.05) is 50.1 Å². The second-order valence-electron chi connectivity index (χ2n) is 14.1. The normalized spacial score (nSPS) is 33.3. The average molecular weight is 549 g/mol. The van der Waals surface area contributed by atoms with Gasteiger partial charge in [-0.25, -0.2) is 15.0 Å². The van der Waals surface area contributed by atoms with Crippen molar-refractivity contribution in [2.75, 3.05) is 13.2 Å². The van der Waals surface area contributed by atoms with Crippen molar-refractivity contribution in [1.82, 2.24) is 29.0 Å². The van der Waals surface area contributed by atoms with Gasteiger partial charge in [0.15, 0.2) is 11.5 Å². The summed E-state index contributed by atoms with van der Waals surface area (Å²) < 4.78 is 10.9. The highest BCUT2D eigenvalue weighted by Crippen LogP contribution is 2.60. The standard InChI is InChI=1S/C33H36N6O2/c40-32(38-18-24-9-22-12-26(38)28(22)24)23-10-25-30(35-15-23)39(17-20-13-33(14-20)6-2-8-41-33)31(36-25)27-11-21-3-1-7-34-29(21)37(27)16-19-4-5-19/h1,3,7,10-11,15,19-20,22,24,26,28H,2,4-6,8-9,12-14,16-18H2/t20?,22?,24-,26-,28-,33?/m1/s1. The summed E-state index contributed by atoms with van der Waals surface area (Å²) in [6.45, 7) is 3.66. The fourth-order valence-electron chi connectivity index (χ4n) is 9.33. The molecular formula is C33H36N6O2. The number of fused-ring (bicyclic) bond motifs is 2. The molecule has 1 amide bonds. The van der Waals surface area contributed by atoms with Gasteiger partial charge in [0.1, 0.15) is 11.2 Å². The first-order chi connectivity index (χ1) is 20.1. The SMILES string of the molecule is O=C(c1cnc2c(c1)nc(-c1cc3cccnc3n1CC1CC1)n2CC1CC2(CCCO2)C1)N1C[C@H]2CC3C[C@@H]1[C@H]32. The third kappa shape index (κ3) is 3.37. The van der Waals surface area contributed by atoms with Crippen LogP contribution in [0.25, 0.3) is 33.7 Å². The van der Waals surface area contributed by atoms with Crippen LogP contribution in [0.3, 0.4) is 0 Å². The number of hydrogen-bond donors (Lipinski definition) is 0. The van der Waals surface area contributed by atoms with Crippen LogP contribution >= 0.6 is 0 Å². The Morgan fingerprint density at radius 2 is 1.93 bits per heavy atom.